The Morgan fingerprint density at radius 3 is 1.84 bits per heavy atom. The number of carbonyl (C=O) groups is 6. The van der Waals surface area contributed by atoms with E-state index in [0.29, 0.717) is 35.9 Å². The van der Waals surface area contributed by atoms with E-state index in [9.17, 15) is 33.9 Å². The number of carboxylic acid groups (broad SMARTS) is 1. The van der Waals surface area contributed by atoms with Crippen LogP contribution in [0.4, 0.5) is 25.8 Å². The maximum absolute atomic E-state index is 13.2. The van der Waals surface area contributed by atoms with Gasteiger partial charge < -0.3 is 50.1 Å². The summed E-state index contributed by atoms with van der Waals surface area (Å²) in [6.07, 6.45) is -2.93. The molecule has 0 aromatic heterocycles. The zero-order chi connectivity index (χ0) is 46.3. The van der Waals surface area contributed by atoms with Crippen molar-refractivity contribution in [1.82, 2.24) is 20.9 Å². The van der Waals surface area contributed by atoms with Gasteiger partial charge in [-0.15, -0.1) is 4.90 Å². The summed E-state index contributed by atoms with van der Waals surface area (Å²) in [5, 5.41) is 28.6. The van der Waals surface area contributed by atoms with Crippen molar-refractivity contribution in [2.45, 2.75) is 124 Å². The van der Waals surface area contributed by atoms with Crippen molar-refractivity contribution >= 4 is 59.3 Å². The number of ether oxygens (including phenoxy) is 5. The first-order valence-corrected chi connectivity index (χ1v) is 19.5. The molecular weight excluding hydrogens is 794 g/mol. The minimum absolute atomic E-state index is 0.0389. The summed E-state index contributed by atoms with van der Waals surface area (Å²) in [6, 6.07) is 11.0. The molecule has 2 rings (SSSR count). The highest BCUT2D eigenvalue weighted by molar-refractivity contribution is 6.12. The average Bonchev–Trinajstić information content (AvgIpc) is 3.07. The normalized spacial score (nSPS) is 12.5. The minimum atomic E-state index is -1.25. The summed E-state index contributed by atoms with van der Waals surface area (Å²) >= 11 is 0. The summed E-state index contributed by atoms with van der Waals surface area (Å²) in [7, 11) is 0. The molecule has 6 N–H and O–H groups in total. The van der Waals surface area contributed by atoms with Crippen LogP contribution < -0.4 is 26.0 Å². The smallest absolute Gasteiger partial charge is 0.427 e. The molecule has 0 radical (unpaired) electrons. The third-order valence-corrected chi connectivity index (χ3v) is 6.93. The van der Waals surface area contributed by atoms with Gasteiger partial charge in [0.25, 0.3) is 5.91 Å². The van der Waals surface area contributed by atoms with Gasteiger partial charge in [-0.25, -0.2) is 19.4 Å². The third-order valence-electron chi connectivity index (χ3n) is 6.93. The third kappa shape index (κ3) is 20.9. The van der Waals surface area contributed by atoms with Crippen LogP contribution in [0.25, 0.3) is 0 Å². The van der Waals surface area contributed by atoms with Crippen LogP contribution in [0.2, 0.25) is 0 Å². The number of alkyl carbamates (subject to hydrolysis) is 1. The number of carboxylic acids is 1. The van der Waals surface area contributed by atoms with Gasteiger partial charge in [-0.3, -0.25) is 19.8 Å². The molecule has 1 atom stereocenters. The van der Waals surface area contributed by atoms with E-state index in [1.807, 2.05) is 0 Å². The van der Waals surface area contributed by atoms with Crippen LogP contribution in [0.5, 0.6) is 5.75 Å². The SMILES string of the molecule is CC(C)(C)OC(=O)NCCCOc1ccc(N=C(OC(C)(C)C)[C@H](CC(=O)O)NC(=O)CNC(=O)c2cccc(NC(=N)N(C(=O)OC(C)(C)C)C(=O)OC(C)(C)C)c2)cc1. The predicted octanol–water partition coefficient (Wildman–Crippen LogP) is 6.73. The largest absolute Gasteiger partial charge is 0.494 e. The van der Waals surface area contributed by atoms with Crippen molar-refractivity contribution < 1.29 is 57.6 Å². The van der Waals surface area contributed by atoms with Gasteiger partial charge in [0.1, 0.15) is 34.2 Å². The van der Waals surface area contributed by atoms with E-state index in [1.165, 1.54) is 24.3 Å². The topological polar surface area (TPSA) is 256 Å². The molecule has 0 bridgehead atoms. The molecule has 0 aliphatic rings. The molecule has 2 aromatic rings. The number of aliphatic carboxylic acids is 1. The Kier molecular flexibility index (Phi) is 18.1. The fourth-order valence-corrected chi connectivity index (χ4v) is 4.68. The Balaban J connectivity index is 2.15. The van der Waals surface area contributed by atoms with E-state index < -0.39 is 83.4 Å². The number of guanidine groups is 1. The van der Waals surface area contributed by atoms with Gasteiger partial charge in [-0.05, 0) is 132 Å². The van der Waals surface area contributed by atoms with Crippen LogP contribution in [-0.2, 0) is 28.5 Å². The van der Waals surface area contributed by atoms with Gasteiger partial charge in [0, 0.05) is 17.8 Å². The summed E-state index contributed by atoms with van der Waals surface area (Å²) in [4.78, 5) is 80.9. The standard InChI is InChI=1S/C42H61N7O12/c1-39(2,3)58-34(46-27-17-19-29(20-18-27)57-22-14-21-44-36(54)59-40(4,5)6)30(24-32(51)52)48-31(50)25-45-33(53)26-15-13-16-28(23-26)47-35(43)49(37(55)60-41(7,8)9)38(56)61-42(10,11)12/h13,15-20,23,30H,14,21-22,24-25H2,1-12H3,(H2,43,47)(H,44,54)(H,45,53)(H,48,50)(H,51,52)/t30-/m0/s1. The van der Waals surface area contributed by atoms with Gasteiger partial charge >= 0.3 is 24.2 Å². The molecule has 0 aliphatic heterocycles. The summed E-state index contributed by atoms with van der Waals surface area (Å²) < 4.78 is 27.6. The molecule has 0 saturated heterocycles. The summed E-state index contributed by atoms with van der Waals surface area (Å²) in [5.41, 5.74) is -2.91. The van der Waals surface area contributed by atoms with Crippen LogP contribution in [0.15, 0.2) is 53.5 Å². The molecular formula is C42H61N7O12. The molecule has 2 aromatic carbocycles. The monoisotopic (exact) mass is 855 g/mol. The molecule has 0 aliphatic carbocycles. The van der Waals surface area contributed by atoms with E-state index in [0.717, 1.165) is 0 Å². The molecule has 61 heavy (non-hydrogen) atoms. The maximum Gasteiger partial charge on any atom is 0.427 e. The van der Waals surface area contributed by atoms with E-state index in [-0.39, 0.29) is 17.1 Å². The molecule has 0 saturated carbocycles. The number of nitrogens with one attached hydrogen (secondary N) is 5. The summed E-state index contributed by atoms with van der Waals surface area (Å²) in [6.45, 7) is 20.1. The molecule has 336 valence electrons. The second kappa shape index (κ2) is 21.7. The number of nitrogens with zero attached hydrogens (tertiary/aromatic N) is 2. The molecule has 0 spiro atoms. The van der Waals surface area contributed by atoms with Gasteiger partial charge in [0.05, 0.1) is 25.3 Å². The number of anilines is 1. The number of rotatable bonds is 14. The van der Waals surface area contributed by atoms with Gasteiger partial charge in [0.2, 0.25) is 17.8 Å². The fraction of sp³-hybridized carbons (Fsp3) is 0.524. The van der Waals surface area contributed by atoms with E-state index in [4.69, 9.17) is 29.1 Å². The second-order valence-electron chi connectivity index (χ2n) is 17.5. The Bertz CT molecular complexity index is 1880. The first-order valence-electron chi connectivity index (χ1n) is 19.5. The number of imide groups is 1. The summed E-state index contributed by atoms with van der Waals surface area (Å²) in [5.74, 6) is -3.01. The average molecular weight is 856 g/mol. The number of aliphatic imine (C=N–C) groups is 1. The van der Waals surface area contributed by atoms with Crippen LogP contribution >= 0.6 is 0 Å². The Morgan fingerprint density at radius 1 is 0.754 bits per heavy atom. The molecule has 19 nitrogen and oxygen atoms in total. The van der Waals surface area contributed by atoms with Gasteiger partial charge in [-0.2, -0.15) is 0 Å². The highest BCUT2D eigenvalue weighted by Gasteiger charge is 2.35. The first-order chi connectivity index (χ1) is 28.0. The number of amides is 5. The van der Waals surface area contributed by atoms with Crippen molar-refractivity contribution in [3.05, 3.63) is 54.1 Å². The van der Waals surface area contributed by atoms with E-state index in [2.05, 4.69) is 26.3 Å². The lowest BCUT2D eigenvalue weighted by molar-refractivity contribution is -0.137. The van der Waals surface area contributed by atoms with Crippen molar-refractivity contribution in [2.24, 2.45) is 4.99 Å². The minimum Gasteiger partial charge on any atom is -0.494 e. The number of carbonyl (C=O) groups excluding carboxylic acids is 5. The fourth-order valence-electron chi connectivity index (χ4n) is 4.68. The number of benzene rings is 2. The van der Waals surface area contributed by atoms with Crippen molar-refractivity contribution in [3.8, 4) is 5.75 Å². The second-order valence-corrected chi connectivity index (χ2v) is 17.5. The van der Waals surface area contributed by atoms with Crippen LogP contribution in [0.3, 0.4) is 0 Å². The Hall–Kier alpha value is -6.40. The van der Waals surface area contributed by atoms with Gasteiger partial charge in [-0.1, -0.05) is 6.07 Å². The van der Waals surface area contributed by atoms with Gasteiger partial charge in [0.15, 0.2) is 0 Å². The Morgan fingerprint density at radius 2 is 1.31 bits per heavy atom. The molecule has 0 heterocycles. The first kappa shape index (κ1) is 50.7. The highest BCUT2D eigenvalue weighted by atomic mass is 16.6. The van der Waals surface area contributed by atoms with E-state index >= 15 is 0 Å². The lowest BCUT2D eigenvalue weighted by atomic mass is 10.1. The Labute approximate surface area is 356 Å². The van der Waals surface area contributed by atoms with Crippen LogP contribution in [-0.4, -0.2) is 106 Å². The van der Waals surface area contributed by atoms with Crippen LogP contribution in [0.1, 0.15) is 106 Å². The lowest BCUT2D eigenvalue weighted by Gasteiger charge is -2.28. The molecule has 19 heteroatoms. The zero-order valence-electron chi connectivity index (χ0n) is 37.1. The number of hydrogen-bond donors (Lipinski definition) is 6. The quantitative estimate of drug-likeness (QED) is 0.0499. The molecule has 0 fully saturated rings. The van der Waals surface area contributed by atoms with Crippen LogP contribution in [0, 0.1) is 5.41 Å². The maximum atomic E-state index is 13.2. The molecule has 0 unspecified atom stereocenters. The number of hydrogen-bond acceptors (Lipinski definition) is 13. The van der Waals surface area contributed by atoms with Crippen molar-refractivity contribution in [1.29, 1.82) is 5.41 Å². The molecule has 5 amide bonds. The van der Waals surface area contributed by atoms with Crippen molar-refractivity contribution in [2.75, 3.05) is 25.0 Å². The predicted molar refractivity (Wildman–Crippen MR) is 227 cm³/mol. The zero-order valence-corrected chi connectivity index (χ0v) is 37.1. The lowest BCUT2D eigenvalue weighted by Crippen LogP contribution is -2.49. The van der Waals surface area contributed by atoms with Crippen molar-refractivity contribution in [3.63, 3.8) is 0 Å². The highest BCUT2D eigenvalue weighted by Crippen LogP contribution is 2.22. The van der Waals surface area contributed by atoms with E-state index in [1.54, 1.807) is 107 Å².